The number of carbonyl (C=O) groups is 1. The van der Waals surface area contributed by atoms with Crippen LogP contribution in [0.4, 0.5) is 0 Å². The van der Waals surface area contributed by atoms with E-state index in [0.29, 0.717) is 18.2 Å². The van der Waals surface area contributed by atoms with E-state index in [2.05, 4.69) is 55.0 Å². The summed E-state index contributed by atoms with van der Waals surface area (Å²) in [6.07, 6.45) is 3.83. The van der Waals surface area contributed by atoms with Crippen molar-refractivity contribution in [3.8, 4) is 0 Å². The maximum atomic E-state index is 12.6. The monoisotopic (exact) mass is 344 g/mol. The molecule has 0 saturated carbocycles. The Hall–Kier alpha value is -1.39. The Morgan fingerprint density at radius 2 is 2.08 bits per heavy atom. The largest absolute Gasteiger partial charge is 0.381 e. The lowest BCUT2D eigenvalue weighted by atomic mass is 9.75. The summed E-state index contributed by atoms with van der Waals surface area (Å²) in [7, 11) is 2.21. The molecule has 25 heavy (non-hydrogen) atoms. The van der Waals surface area contributed by atoms with Crippen LogP contribution >= 0.6 is 0 Å². The zero-order valence-corrected chi connectivity index (χ0v) is 16.0. The van der Waals surface area contributed by atoms with Gasteiger partial charge in [0, 0.05) is 32.7 Å². The zero-order valence-electron chi connectivity index (χ0n) is 16.0. The molecule has 3 rings (SSSR count). The molecule has 1 aromatic rings. The van der Waals surface area contributed by atoms with Crippen LogP contribution in [0.25, 0.3) is 0 Å². The van der Waals surface area contributed by atoms with Crippen molar-refractivity contribution in [3.05, 3.63) is 35.4 Å². The van der Waals surface area contributed by atoms with Crippen LogP contribution in [-0.2, 0) is 16.0 Å². The van der Waals surface area contributed by atoms with Gasteiger partial charge in [-0.2, -0.15) is 0 Å². The highest BCUT2D eigenvalue weighted by atomic mass is 16.5. The first-order chi connectivity index (χ1) is 12.0. The number of carbonyl (C=O) groups excluding carboxylic acids is 1. The smallest absolute Gasteiger partial charge is 0.223 e. The molecule has 0 radical (unpaired) electrons. The first kappa shape index (κ1) is 18.4. The number of rotatable bonds is 6. The second-order valence-corrected chi connectivity index (χ2v) is 7.84. The Morgan fingerprint density at radius 1 is 1.32 bits per heavy atom. The van der Waals surface area contributed by atoms with Crippen molar-refractivity contribution < 1.29 is 9.53 Å². The Bertz CT molecular complexity index is 593. The molecule has 0 aromatic heterocycles. The topological polar surface area (TPSA) is 32.8 Å². The molecule has 2 aliphatic heterocycles. The Labute approximate surface area is 152 Å². The summed E-state index contributed by atoms with van der Waals surface area (Å²) in [5.41, 5.74) is 2.76. The van der Waals surface area contributed by atoms with E-state index in [0.717, 1.165) is 45.7 Å². The molecule has 4 nitrogen and oxygen atoms in total. The molecule has 4 heteroatoms. The van der Waals surface area contributed by atoms with E-state index in [4.69, 9.17) is 4.74 Å². The minimum atomic E-state index is 0.193. The second kappa shape index (κ2) is 7.88. The molecule has 0 N–H and O–H groups in total. The number of amides is 1. The fourth-order valence-electron chi connectivity index (χ4n) is 4.34. The molecule has 2 saturated heterocycles. The van der Waals surface area contributed by atoms with Gasteiger partial charge in [0.15, 0.2) is 0 Å². The molecule has 1 atom stereocenters. The molecule has 1 spiro atoms. The van der Waals surface area contributed by atoms with Crippen LogP contribution in [0.3, 0.4) is 0 Å². The molecule has 1 aromatic carbocycles. The van der Waals surface area contributed by atoms with Crippen LogP contribution in [-0.4, -0.2) is 61.1 Å². The number of nitrogens with zero attached hydrogens (tertiary/aromatic N) is 2. The third kappa shape index (κ3) is 4.06. The Morgan fingerprint density at radius 3 is 2.80 bits per heavy atom. The number of likely N-dealkylation sites (N-methyl/N-ethyl adjacent to an activating group) is 1. The fourth-order valence-corrected chi connectivity index (χ4v) is 4.34. The van der Waals surface area contributed by atoms with E-state index < -0.39 is 0 Å². The third-order valence-corrected chi connectivity index (χ3v) is 6.10. The molecular weight excluding hydrogens is 312 g/mol. The van der Waals surface area contributed by atoms with Gasteiger partial charge in [-0.25, -0.2) is 0 Å². The highest BCUT2D eigenvalue weighted by Gasteiger charge is 2.50. The quantitative estimate of drug-likeness (QED) is 0.795. The molecule has 138 valence electrons. The average molecular weight is 344 g/mol. The van der Waals surface area contributed by atoms with Crippen molar-refractivity contribution in [1.82, 2.24) is 9.80 Å². The highest BCUT2D eigenvalue weighted by Crippen LogP contribution is 2.38. The molecule has 0 bridgehead atoms. The minimum Gasteiger partial charge on any atom is -0.381 e. The normalized spacial score (nSPS) is 22.8. The summed E-state index contributed by atoms with van der Waals surface area (Å²) in [5.74, 6) is 0.939. The van der Waals surface area contributed by atoms with Crippen LogP contribution < -0.4 is 0 Å². The molecule has 0 unspecified atom stereocenters. The SMILES string of the molecule is CCOC[C@H]1CCN(C)C2(C1)CN(C(=O)CCc1ccccc1C)C2. The number of hydrogen-bond donors (Lipinski definition) is 0. The molecule has 2 heterocycles. The van der Waals surface area contributed by atoms with E-state index >= 15 is 0 Å². The van der Waals surface area contributed by atoms with Gasteiger partial charge in [-0.05, 0) is 63.7 Å². The third-order valence-electron chi connectivity index (χ3n) is 6.10. The van der Waals surface area contributed by atoms with Crippen LogP contribution in [0.1, 0.15) is 37.3 Å². The van der Waals surface area contributed by atoms with Gasteiger partial charge >= 0.3 is 0 Å². The van der Waals surface area contributed by atoms with Crippen LogP contribution in [0.15, 0.2) is 24.3 Å². The van der Waals surface area contributed by atoms with Crippen molar-refractivity contribution in [2.75, 3.05) is 39.9 Å². The summed E-state index contributed by atoms with van der Waals surface area (Å²) in [6, 6.07) is 8.36. The van der Waals surface area contributed by atoms with Crippen molar-refractivity contribution >= 4 is 5.91 Å². The standard InChI is InChI=1S/C21H32N2O2/c1-4-25-14-18-11-12-22(3)21(13-18)15-23(16-21)20(24)10-9-19-8-6-5-7-17(19)2/h5-8,18H,4,9-16H2,1-3H3/t18-/m0/s1. The molecule has 0 aliphatic carbocycles. The van der Waals surface area contributed by atoms with E-state index in [-0.39, 0.29) is 5.54 Å². The Balaban J connectivity index is 1.50. The number of hydrogen-bond acceptors (Lipinski definition) is 3. The van der Waals surface area contributed by atoms with E-state index in [1.807, 2.05) is 0 Å². The number of likely N-dealkylation sites (tertiary alicyclic amines) is 2. The number of benzene rings is 1. The number of piperidine rings is 1. The second-order valence-electron chi connectivity index (χ2n) is 7.84. The summed E-state index contributed by atoms with van der Waals surface area (Å²) in [4.78, 5) is 17.1. The number of aryl methyl sites for hydroxylation is 2. The van der Waals surface area contributed by atoms with Gasteiger partial charge in [-0.15, -0.1) is 0 Å². The predicted molar refractivity (Wildman–Crippen MR) is 101 cm³/mol. The lowest BCUT2D eigenvalue weighted by molar-refractivity contribution is -0.151. The maximum Gasteiger partial charge on any atom is 0.223 e. The minimum absolute atomic E-state index is 0.193. The predicted octanol–water partition coefficient (Wildman–Crippen LogP) is 2.89. The first-order valence-electron chi connectivity index (χ1n) is 9.65. The van der Waals surface area contributed by atoms with Crippen LogP contribution in [0, 0.1) is 12.8 Å². The average Bonchev–Trinajstić information content (AvgIpc) is 2.58. The summed E-state index contributed by atoms with van der Waals surface area (Å²) in [6.45, 7) is 8.73. The highest BCUT2D eigenvalue weighted by molar-refractivity contribution is 5.77. The lowest BCUT2D eigenvalue weighted by Crippen LogP contribution is -2.72. The fraction of sp³-hybridized carbons (Fsp3) is 0.667. The van der Waals surface area contributed by atoms with Gasteiger partial charge in [0.25, 0.3) is 0 Å². The van der Waals surface area contributed by atoms with E-state index in [9.17, 15) is 4.79 Å². The van der Waals surface area contributed by atoms with E-state index in [1.165, 1.54) is 17.5 Å². The first-order valence-corrected chi connectivity index (χ1v) is 9.65. The summed E-state index contributed by atoms with van der Waals surface area (Å²) < 4.78 is 5.64. The van der Waals surface area contributed by atoms with Crippen molar-refractivity contribution in [3.63, 3.8) is 0 Å². The van der Waals surface area contributed by atoms with Gasteiger partial charge in [0.1, 0.15) is 0 Å². The molecule has 2 aliphatic rings. The zero-order chi connectivity index (χ0) is 17.9. The van der Waals surface area contributed by atoms with Gasteiger partial charge in [-0.3, -0.25) is 9.69 Å². The molecule has 2 fully saturated rings. The Kier molecular flexibility index (Phi) is 5.80. The lowest BCUT2D eigenvalue weighted by Gasteiger charge is -2.58. The van der Waals surface area contributed by atoms with Gasteiger partial charge in [0.05, 0.1) is 5.54 Å². The maximum absolute atomic E-state index is 12.6. The number of ether oxygens (including phenoxy) is 1. The summed E-state index contributed by atoms with van der Waals surface area (Å²) >= 11 is 0. The van der Waals surface area contributed by atoms with E-state index in [1.54, 1.807) is 0 Å². The van der Waals surface area contributed by atoms with Crippen molar-refractivity contribution in [2.24, 2.45) is 5.92 Å². The summed E-state index contributed by atoms with van der Waals surface area (Å²) in [5, 5.41) is 0. The van der Waals surface area contributed by atoms with Gasteiger partial charge in [0.2, 0.25) is 5.91 Å². The van der Waals surface area contributed by atoms with Gasteiger partial charge < -0.3 is 9.64 Å². The van der Waals surface area contributed by atoms with Crippen molar-refractivity contribution in [2.45, 2.75) is 45.1 Å². The molecule has 1 amide bonds. The van der Waals surface area contributed by atoms with Crippen LogP contribution in [0.5, 0.6) is 0 Å². The van der Waals surface area contributed by atoms with Gasteiger partial charge in [-0.1, -0.05) is 24.3 Å². The van der Waals surface area contributed by atoms with Crippen LogP contribution in [0.2, 0.25) is 0 Å². The van der Waals surface area contributed by atoms with Crippen molar-refractivity contribution in [1.29, 1.82) is 0 Å². The molecular formula is C21H32N2O2.